The molecule has 1 aromatic heterocycles. The van der Waals surface area contributed by atoms with Gasteiger partial charge in [0.2, 0.25) is 0 Å². The molecule has 0 aliphatic heterocycles. The largest absolute Gasteiger partial charge is 0.271 e. The van der Waals surface area contributed by atoms with Crippen LogP contribution in [-0.4, -0.2) is 4.98 Å². The lowest BCUT2D eigenvalue weighted by molar-refractivity contribution is 0.626. The second-order valence-electron chi connectivity index (χ2n) is 2.73. The molecule has 3 heteroatoms. The fourth-order valence-electron chi connectivity index (χ4n) is 1.08. The molecule has 0 aliphatic rings. The van der Waals surface area contributed by atoms with Gasteiger partial charge in [0, 0.05) is 12.4 Å². The summed E-state index contributed by atoms with van der Waals surface area (Å²) in [5.74, 6) is 5.37. The third-order valence-electron chi connectivity index (χ3n) is 1.70. The Balaban J connectivity index is 2.88. The zero-order valence-electron chi connectivity index (χ0n) is 7.12. The number of pyridine rings is 1. The molecule has 1 atom stereocenters. The number of hydrazine groups is 1. The van der Waals surface area contributed by atoms with Crippen molar-refractivity contribution in [2.75, 3.05) is 0 Å². The summed E-state index contributed by atoms with van der Waals surface area (Å²) < 4.78 is 0. The van der Waals surface area contributed by atoms with Gasteiger partial charge in [0.15, 0.2) is 0 Å². The van der Waals surface area contributed by atoms with Crippen LogP contribution in [-0.2, 0) is 0 Å². The second-order valence-corrected chi connectivity index (χ2v) is 2.73. The van der Waals surface area contributed by atoms with Crippen LogP contribution in [0, 0.1) is 0 Å². The van der Waals surface area contributed by atoms with Crippen molar-refractivity contribution in [2.45, 2.75) is 13.0 Å². The summed E-state index contributed by atoms with van der Waals surface area (Å²) in [6.45, 7) is 5.78. The van der Waals surface area contributed by atoms with E-state index in [2.05, 4.69) is 17.0 Å². The minimum atomic E-state index is 0.0213. The van der Waals surface area contributed by atoms with Crippen molar-refractivity contribution < 1.29 is 0 Å². The van der Waals surface area contributed by atoms with Gasteiger partial charge in [0.1, 0.15) is 0 Å². The molecule has 0 amide bonds. The normalized spacial score (nSPS) is 12.5. The number of nitrogens with one attached hydrogen (secondary N) is 1. The van der Waals surface area contributed by atoms with Gasteiger partial charge in [-0.2, -0.15) is 0 Å². The third kappa shape index (κ3) is 1.90. The molecular weight excluding hydrogens is 150 g/mol. The number of rotatable bonds is 3. The molecule has 0 saturated heterocycles. The van der Waals surface area contributed by atoms with Gasteiger partial charge in [-0.05, 0) is 24.6 Å². The number of nitrogens with two attached hydrogens (primary N) is 1. The van der Waals surface area contributed by atoms with Crippen LogP contribution in [0.25, 0.3) is 0 Å². The zero-order chi connectivity index (χ0) is 8.97. The van der Waals surface area contributed by atoms with Crippen molar-refractivity contribution >= 4 is 0 Å². The van der Waals surface area contributed by atoms with Crippen LogP contribution in [0.5, 0.6) is 0 Å². The van der Waals surface area contributed by atoms with Gasteiger partial charge in [-0.15, -0.1) is 0 Å². The van der Waals surface area contributed by atoms with Crippen molar-refractivity contribution in [3.05, 3.63) is 42.2 Å². The summed E-state index contributed by atoms with van der Waals surface area (Å²) in [5, 5.41) is 0. The summed E-state index contributed by atoms with van der Waals surface area (Å²) in [4.78, 5) is 3.92. The van der Waals surface area contributed by atoms with E-state index in [9.17, 15) is 0 Å². The molecule has 0 radical (unpaired) electrons. The molecule has 1 aromatic rings. The van der Waals surface area contributed by atoms with E-state index in [1.54, 1.807) is 12.4 Å². The van der Waals surface area contributed by atoms with Crippen LogP contribution >= 0.6 is 0 Å². The molecule has 64 valence electrons. The minimum Gasteiger partial charge on any atom is -0.271 e. The van der Waals surface area contributed by atoms with Gasteiger partial charge < -0.3 is 0 Å². The van der Waals surface area contributed by atoms with E-state index in [4.69, 9.17) is 5.84 Å². The Kier molecular flexibility index (Phi) is 2.96. The van der Waals surface area contributed by atoms with E-state index < -0.39 is 0 Å². The molecule has 3 N–H and O–H groups in total. The SMILES string of the molecule is C=C(C)C(NN)c1ccncc1. The fraction of sp³-hybridized carbons (Fsp3) is 0.222. The highest BCUT2D eigenvalue weighted by molar-refractivity contribution is 5.23. The Morgan fingerprint density at radius 2 is 2.17 bits per heavy atom. The first kappa shape index (κ1) is 8.90. The smallest absolute Gasteiger partial charge is 0.0665 e. The van der Waals surface area contributed by atoms with Gasteiger partial charge in [0.25, 0.3) is 0 Å². The molecule has 1 heterocycles. The standard InChI is InChI=1S/C9H13N3/c1-7(2)9(12-10)8-3-5-11-6-4-8/h3-6,9,12H,1,10H2,2H3. The molecule has 0 aromatic carbocycles. The Morgan fingerprint density at radius 1 is 1.58 bits per heavy atom. The van der Waals surface area contributed by atoms with E-state index in [1.165, 1.54) is 0 Å². The lowest BCUT2D eigenvalue weighted by Gasteiger charge is -2.15. The van der Waals surface area contributed by atoms with E-state index in [0.717, 1.165) is 11.1 Å². The monoisotopic (exact) mass is 163 g/mol. The maximum atomic E-state index is 5.37. The van der Waals surface area contributed by atoms with Crippen LogP contribution in [0.3, 0.4) is 0 Å². The highest BCUT2D eigenvalue weighted by Gasteiger charge is 2.08. The summed E-state index contributed by atoms with van der Waals surface area (Å²) in [5.41, 5.74) is 4.76. The molecule has 1 rings (SSSR count). The summed E-state index contributed by atoms with van der Waals surface area (Å²) in [7, 11) is 0. The first-order valence-electron chi connectivity index (χ1n) is 3.77. The highest BCUT2D eigenvalue weighted by atomic mass is 15.2. The molecule has 1 unspecified atom stereocenters. The van der Waals surface area contributed by atoms with Crippen LogP contribution in [0.15, 0.2) is 36.7 Å². The molecule has 0 saturated carbocycles. The van der Waals surface area contributed by atoms with Crippen LogP contribution < -0.4 is 11.3 Å². The number of hydrogen-bond donors (Lipinski definition) is 2. The van der Waals surface area contributed by atoms with Gasteiger partial charge in [-0.3, -0.25) is 10.8 Å². The van der Waals surface area contributed by atoms with Crippen molar-refractivity contribution in [3.63, 3.8) is 0 Å². The van der Waals surface area contributed by atoms with Crippen molar-refractivity contribution in [1.82, 2.24) is 10.4 Å². The zero-order valence-corrected chi connectivity index (χ0v) is 7.12. The molecular formula is C9H13N3. The summed E-state index contributed by atoms with van der Waals surface area (Å²) >= 11 is 0. The lowest BCUT2D eigenvalue weighted by atomic mass is 10.0. The Morgan fingerprint density at radius 3 is 2.58 bits per heavy atom. The Labute approximate surface area is 72.3 Å². The predicted octanol–water partition coefficient (Wildman–Crippen LogP) is 1.16. The quantitative estimate of drug-likeness (QED) is 0.399. The van der Waals surface area contributed by atoms with E-state index in [1.807, 2.05) is 19.1 Å². The van der Waals surface area contributed by atoms with Crippen LogP contribution in [0.1, 0.15) is 18.5 Å². The Hall–Kier alpha value is -1.19. The molecule has 0 bridgehead atoms. The van der Waals surface area contributed by atoms with Crippen molar-refractivity contribution in [3.8, 4) is 0 Å². The minimum absolute atomic E-state index is 0.0213. The number of hydrogen-bond acceptors (Lipinski definition) is 3. The maximum Gasteiger partial charge on any atom is 0.0665 e. The predicted molar refractivity (Wildman–Crippen MR) is 49.1 cm³/mol. The molecule has 0 spiro atoms. The van der Waals surface area contributed by atoms with Gasteiger partial charge in [0.05, 0.1) is 6.04 Å². The first-order valence-corrected chi connectivity index (χ1v) is 3.77. The number of aromatic nitrogens is 1. The van der Waals surface area contributed by atoms with Crippen molar-refractivity contribution in [1.29, 1.82) is 0 Å². The first-order chi connectivity index (χ1) is 5.75. The molecule has 0 fully saturated rings. The van der Waals surface area contributed by atoms with E-state index >= 15 is 0 Å². The topological polar surface area (TPSA) is 50.9 Å². The van der Waals surface area contributed by atoms with Crippen molar-refractivity contribution in [2.24, 2.45) is 5.84 Å². The fourth-order valence-corrected chi connectivity index (χ4v) is 1.08. The van der Waals surface area contributed by atoms with Crippen LogP contribution in [0.4, 0.5) is 0 Å². The van der Waals surface area contributed by atoms with E-state index in [0.29, 0.717) is 0 Å². The second kappa shape index (κ2) is 3.99. The van der Waals surface area contributed by atoms with E-state index in [-0.39, 0.29) is 6.04 Å². The Bertz CT molecular complexity index is 256. The summed E-state index contributed by atoms with van der Waals surface area (Å²) in [6.07, 6.45) is 3.48. The van der Waals surface area contributed by atoms with Gasteiger partial charge in [-0.25, -0.2) is 5.43 Å². The van der Waals surface area contributed by atoms with Crippen LogP contribution in [0.2, 0.25) is 0 Å². The lowest BCUT2D eigenvalue weighted by Crippen LogP contribution is -2.28. The highest BCUT2D eigenvalue weighted by Crippen LogP contribution is 2.17. The average molecular weight is 163 g/mol. The van der Waals surface area contributed by atoms with Gasteiger partial charge >= 0.3 is 0 Å². The molecule has 3 nitrogen and oxygen atoms in total. The molecule has 12 heavy (non-hydrogen) atoms. The maximum absolute atomic E-state index is 5.37. The average Bonchev–Trinajstić information content (AvgIpc) is 2.07. The third-order valence-corrected chi connectivity index (χ3v) is 1.70. The number of nitrogens with zero attached hydrogens (tertiary/aromatic N) is 1. The molecule has 0 aliphatic carbocycles. The summed E-state index contributed by atoms with van der Waals surface area (Å²) in [6, 6.07) is 3.85. The van der Waals surface area contributed by atoms with Gasteiger partial charge in [-0.1, -0.05) is 12.2 Å².